The van der Waals surface area contributed by atoms with Crippen molar-refractivity contribution >= 4 is 72.4 Å². The molecule has 4 N–H and O–H groups in total. The maximum absolute atomic E-state index is 12.9. The number of amides is 2. The van der Waals surface area contributed by atoms with Crippen LogP contribution in [-0.2, 0) is 9.59 Å². The van der Waals surface area contributed by atoms with Crippen LogP contribution < -0.4 is 16.0 Å². The molecule has 4 rings (SSSR count). The van der Waals surface area contributed by atoms with E-state index in [2.05, 4.69) is 31.1 Å². The van der Waals surface area contributed by atoms with E-state index in [1.54, 1.807) is 38.2 Å². The molecule has 0 radical (unpaired) electrons. The number of aromatic nitrogens is 3. The number of benzene rings is 2. The van der Waals surface area contributed by atoms with Crippen LogP contribution in [0, 0.1) is 0 Å². The van der Waals surface area contributed by atoms with Crippen molar-refractivity contribution in [3.63, 3.8) is 0 Å². The number of halogens is 1. The normalized spacial score (nSPS) is 11.6. The maximum Gasteiger partial charge on any atom is 0.251 e. The zero-order valence-corrected chi connectivity index (χ0v) is 18.0. The average Bonchev–Trinajstić information content (AvgIpc) is 3.29. The minimum Gasteiger partial charge on any atom is -0.372 e. The van der Waals surface area contributed by atoms with E-state index in [1.807, 2.05) is 12.1 Å². The number of carbonyl (C=O) groups is 2. The van der Waals surface area contributed by atoms with Crippen molar-refractivity contribution in [2.75, 3.05) is 16.0 Å². The summed E-state index contributed by atoms with van der Waals surface area (Å²) in [7, 11) is 0. The number of nitrogens with one attached hydrogen (secondary N) is 4. The topological polar surface area (TPSA) is 112 Å². The van der Waals surface area contributed by atoms with Crippen LogP contribution in [0.25, 0.3) is 21.1 Å². The molecule has 8 nitrogen and oxygen atoms in total. The summed E-state index contributed by atoms with van der Waals surface area (Å²) in [6.07, 6.45) is 1.75. The Morgan fingerprint density at radius 1 is 1.17 bits per heavy atom. The van der Waals surface area contributed by atoms with Crippen LogP contribution in [0.3, 0.4) is 0 Å². The molecule has 0 bridgehead atoms. The molecule has 10 heteroatoms. The Morgan fingerprint density at radius 2 is 1.97 bits per heavy atom. The molecule has 0 spiro atoms. The molecule has 0 aliphatic rings. The van der Waals surface area contributed by atoms with Gasteiger partial charge < -0.3 is 10.6 Å². The van der Waals surface area contributed by atoms with E-state index in [9.17, 15) is 9.59 Å². The van der Waals surface area contributed by atoms with Crippen LogP contribution in [-0.4, -0.2) is 32.5 Å². The second kappa shape index (κ2) is 7.58. The van der Waals surface area contributed by atoms with E-state index >= 15 is 0 Å². The van der Waals surface area contributed by atoms with Crippen LogP contribution in [0.5, 0.6) is 0 Å². The van der Waals surface area contributed by atoms with Gasteiger partial charge in [-0.1, -0.05) is 22.9 Å². The maximum atomic E-state index is 12.9. The lowest BCUT2D eigenvalue weighted by Gasteiger charge is -2.26. The van der Waals surface area contributed by atoms with E-state index in [1.165, 1.54) is 18.3 Å². The van der Waals surface area contributed by atoms with Gasteiger partial charge in [-0.3, -0.25) is 20.0 Å². The van der Waals surface area contributed by atoms with Crippen molar-refractivity contribution in [1.29, 1.82) is 0 Å². The fraction of sp³-hybridized carbons (Fsp3) is 0.200. The third kappa shape index (κ3) is 3.94. The first kappa shape index (κ1) is 20.1. The zero-order chi connectivity index (χ0) is 21.5. The SMILES string of the molecule is CC(=O)Nc1cc(NC(C)(C)C(=O)Nc2nc3ccc4[nH]ncc4c3s2)ccc1Cl. The van der Waals surface area contributed by atoms with Gasteiger partial charge in [0.25, 0.3) is 5.91 Å². The first-order chi connectivity index (χ1) is 14.2. The van der Waals surface area contributed by atoms with Gasteiger partial charge in [0.1, 0.15) is 5.54 Å². The van der Waals surface area contributed by atoms with Crippen molar-refractivity contribution in [3.05, 3.63) is 41.6 Å². The summed E-state index contributed by atoms with van der Waals surface area (Å²) in [5.41, 5.74) is 1.88. The lowest BCUT2D eigenvalue weighted by atomic mass is 10.0. The first-order valence-corrected chi connectivity index (χ1v) is 10.3. The minimum absolute atomic E-state index is 0.228. The summed E-state index contributed by atoms with van der Waals surface area (Å²) < 4.78 is 0.958. The number of hydrogen-bond acceptors (Lipinski definition) is 6. The van der Waals surface area contributed by atoms with E-state index < -0.39 is 5.54 Å². The van der Waals surface area contributed by atoms with Crippen LogP contribution in [0.4, 0.5) is 16.5 Å². The molecule has 0 saturated carbocycles. The highest BCUT2D eigenvalue weighted by Gasteiger charge is 2.28. The first-order valence-electron chi connectivity index (χ1n) is 9.12. The lowest BCUT2D eigenvalue weighted by Crippen LogP contribution is -2.44. The Morgan fingerprint density at radius 3 is 2.73 bits per heavy atom. The quantitative estimate of drug-likeness (QED) is 0.360. The number of rotatable bonds is 5. The minimum atomic E-state index is -0.954. The van der Waals surface area contributed by atoms with Gasteiger partial charge in [0.05, 0.1) is 32.6 Å². The molecule has 154 valence electrons. The third-order valence-electron chi connectivity index (χ3n) is 4.50. The Hall–Kier alpha value is -3.17. The Kier molecular flexibility index (Phi) is 5.08. The largest absolute Gasteiger partial charge is 0.372 e. The number of carbonyl (C=O) groups excluding carboxylic acids is 2. The predicted molar refractivity (Wildman–Crippen MR) is 121 cm³/mol. The van der Waals surface area contributed by atoms with E-state index in [4.69, 9.17) is 11.6 Å². The number of hydrogen-bond donors (Lipinski definition) is 4. The second-order valence-electron chi connectivity index (χ2n) is 7.34. The molecule has 2 aromatic carbocycles. The van der Waals surface area contributed by atoms with Crippen molar-refractivity contribution in [3.8, 4) is 0 Å². The summed E-state index contributed by atoms with van der Waals surface area (Å²) in [6, 6.07) is 8.90. The van der Waals surface area contributed by atoms with Crippen molar-refractivity contribution in [2.24, 2.45) is 0 Å². The third-order valence-corrected chi connectivity index (χ3v) is 5.85. The van der Waals surface area contributed by atoms with Crippen LogP contribution in [0.1, 0.15) is 20.8 Å². The Balaban J connectivity index is 1.54. The van der Waals surface area contributed by atoms with E-state index in [0.717, 1.165) is 21.1 Å². The van der Waals surface area contributed by atoms with Gasteiger partial charge in [0.2, 0.25) is 5.91 Å². The molecule has 0 aliphatic carbocycles. The fourth-order valence-electron chi connectivity index (χ4n) is 3.02. The average molecular weight is 443 g/mol. The lowest BCUT2D eigenvalue weighted by molar-refractivity contribution is -0.119. The molecule has 0 aliphatic heterocycles. The summed E-state index contributed by atoms with van der Waals surface area (Å²) in [6.45, 7) is 4.93. The molecule has 0 fully saturated rings. The van der Waals surface area contributed by atoms with Gasteiger partial charge in [-0.25, -0.2) is 4.98 Å². The molecular weight excluding hydrogens is 424 g/mol. The highest BCUT2D eigenvalue weighted by Crippen LogP contribution is 2.32. The van der Waals surface area contributed by atoms with Gasteiger partial charge in [-0.05, 0) is 44.2 Å². The molecule has 0 atom stereocenters. The molecule has 2 aromatic heterocycles. The molecule has 0 saturated heterocycles. The van der Waals surface area contributed by atoms with E-state index in [0.29, 0.717) is 21.5 Å². The standard InChI is InChI=1S/C20H19ClN6O2S/c1-10(28)23-16-8-11(4-5-13(16)21)26-20(2,3)18(29)25-19-24-15-7-6-14-12(9-22-27-14)17(15)30-19/h4-9,26H,1-3H3,(H,22,27)(H,23,28)(H,24,25,29). The Bertz CT molecular complexity index is 1280. The summed E-state index contributed by atoms with van der Waals surface area (Å²) in [5, 5.41) is 17.6. The second-order valence-corrected chi connectivity index (χ2v) is 8.75. The van der Waals surface area contributed by atoms with Gasteiger partial charge in [0, 0.05) is 18.0 Å². The highest BCUT2D eigenvalue weighted by atomic mass is 35.5. The molecule has 2 amide bonds. The number of fused-ring (bicyclic) bond motifs is 3. The zero-order valence-electron chi connectivity index (χ0n) is 16.5. The predicted octanol–water partition coefficient (Wildman–Crippen LogP) is 4.61. The molecule has 4 aromatic rings. The summed E-state index contributed by atoms with van der Waals surface area (Å²) in [4.78, 5) is 28.8. The molecular formula is C20H19ClN6O2S. The summed E-state index contributed by atoms with van der Waals surface area (Å²) >= 11 is 7.52. The summed E-state index contributed by atoms with van der Waals surface area (Å²) in [5.74, 6) is -0.477. The Labute approximate surface area is 181 Å². The number of nitrogens with zero attached hydrogens (tertiary/aromatic N) is 2. The number of thiazole rings is 1. The van der Waals surface area contributed by atoms with Crippen molar-refractivity contribution in [2.45, 2.75) is 26.3 Å². The van der Waals surface area contributed by atoms with Crippen molar-refractivity contribution in [1.82, 2.24) is 15.2 Å². The highest BCUT2D eigenvalue weighted by molar-refractivity contribution is 7.23. The fourth-order valence-corrected chi connectivity index (χ4v) is 4.15. The molecule has 0 unspecified atom stereocenters. The van der Waals surface area contributed by atoms with Gasteiger partial charge in [-0.2, -0.15) is 5.10 Å². The smallest absolute Gasteiger partial charge is 0.251 e. The monoisotopic (exact) mass is 442 g/mol. The van der Waals surface area contributed by atoms with Gasteiger partial charge in [0.15, 0.2) is 5.13 Å². The number of anilines is 3. The van der Waals surface area contributed by atoms with Gasteiger partial charge >= 0.3 is 0 Å². The van der Waals surface area contributed by atoms with Crippen LogP contribution >= 0.6 is 22.9 Å². The van der Waals surface area contributed by atoms with E-state index in [-0.39, 0.29) is 11.8 Å². The van der Waals surface area contributed by atoms with Crippen LogP contribution in [0.15, 0.2) is 36.5 Å². The molecule has 30 heavy (non-hydrogen) atoms. The van der Waals surface area contributed by atoms with Crippen LogP contribution in [0.2, 0.25) is 5.02 Å². The molecule has 2 heterocycles. The number of aromatic amines is 1. The number of H-pyrrole nitrogens is 1. The van der Waals surface area contributed by atoms with Crippen molar-refractivity contribution < 1.29 is 9.59 Å². The van der Waals surface area contributed by atoms with Gasteiger partial charge in [-0.15, -0.1) is 0 Å².